The number of nitrogens with one attached hydrogen (secondary N) is 1. The Morgan fingerprint density at radius 3 is 2.56 bits per heavy atom. The molecule has 1 N–H and O–H groups in total. The second-order valence-corrected chi connectivity index (χ2v) is 6.90. The van der Waals surface area contributed by atoms with Gasteiger partial charge in [-0.05, 0) is 18.9 Å². The van der Waals surface area contributed by atoms with Crippen molar-refractivity contribution in [3.05, 3.63) is 24.2 Å². The quantitative estimate of drug-likeness (QED) is 0.839. The molecule has 7 heteroatoms. The molecule has 0 amide bonds. The summed E-state index contributed by atoms with van der Waals surface area (Å²) in [7, 11) is 0. The number of rotatable bonds is 1. The van der Waals surface area contributed by atoms with Gasteiger partial charge in [-0.1, -0.05) is 12.8 Å². The molecule has 4 atom stereocenters. The van der Waals surface area contributed by atoms with Crippen LogP contribution in [0.15, 0.2) is 23.0 Å². The van der Waals surface area contributed by atoms with Crippen molar-refractivity contribution in [2.45, 2.75) is 44.0 Å². The SMILES string of the molecule is N#CC1(C#N)C(c2ccoc2)OC23CCCCCC2C1(C#N)C(=N)O3. The Balaban J connectivity index is 2.01. The maximum atomic E-state index is 10.1. The average molecular weight is 336 g/mol. The predicted molar refractivity (Wildman–Crippen MR) is 82.4 cm³/mol. The molecular formula is C18H16N4O3. The van der Waals surface area contributed by atoms with Gasteiger partial charge in [-0.3, -0.25) is 5.41 Å². The van der Waals surface area contributed by atoms with Crippen molar-refractivity contribution < 1.29 is 13.9 Å². The molecule has 7 nitrogen and oxygen atoms in total. The van der Waals surface area contributed by atoms with Crippen LogP contribution in [0.1, 0.15) is 43.8 Å². The normalized spacial score (nSPS) is 38.4. The first kappa shape index (κ1) is 15.7. The summed E-state index contributed by atoms with van der Waals surface area (Å²) in [6.45, 7) is 0. The maximum absolute atomic E-state index is 10.1. The van der Waals surface area contributed by atoms with Gasteiger partial charge in [-0.2, -0.15) is 15.8 Å². The molecule has 3 fully saturated rings. The average Bonchev–Trinajstić information content (AvgIpc) is 3.14. The number of hydrogen-bond acceptors (Lipinski definition) is 7. The molecule has 25 heavy (non-hydrogen) atoms. The van der Waals surface area contributed by atoms with E-state index < -0.39 is 28.6 Å². The smallest absolute Gasteiger partial charge is 0.217 e. The molecule has 0 radical (unpaired) electrons. The molecule has 2 bridgehead atoms. The predicted octanol–water partition coefficient (Wildman–Crippen LogP) is 3.18. The van der Waals surface area contributed by atoms with Gasteiger partial charge >= 0.3 is 0 Å². The molecule has 3 heterocycles. The molecule has 1 aromatic rings. The lowest BCUT2D eigenvalue weighted by Crippen LogP contribution is -2.59. The molecule has 2 aliphatic heterocycles. The minimum absolute atomic E-state index is 0.323. The van der Waals surface area contributed by atoms with Crippen molar-refractivity contribution in [3.8, 4) is 18.2 Å². The third-order valence-corrected chi connectivity index (χ3v) is 5.91. The van der Waals surface area contributed by atoms with Crippen LogP contribution in [0.5, 0.6) is 0 Å². The van der Waals surface area contributed by atoms with Crippen LogP contribution in [0.3, 0.4) is 0 Å². The van der Waals surface area contributed by atoms with E-state index in [0.29, 0.717) is 18.4 Å². The standard InChI is InChI=1S/C18H16N4O3/c19-9-16(10-20)14(12-5-7-23-8-12)24-18-6-3-1-2-4-13(18)17(16,11-21)15(22)25-18/h5,7-8,13-14,22H,1-4,6H2. The minimum atomic E-state index is -1.88. The summed E-state index contributed by atoms with van der Waals surface area (Å²) in [5.41, 5.74) is -3.03. The van der Waals surface area contributed by atoms with Crippen molar-refractivity contribution in [2.24, 2.45) is 16.7 Å². The summed E-state index contributed by atoms with van der Waals surface area (Å²) in [6, 6.07) is 7.85. The van der Waals surface area contributed by atoms with Crippen LogP contribution in [0.25, 0.3) is 0 Å². The van der Waals surface area contributed by atoms with Crippen LogP contribution in [0.4, 0.5) is 0 Å². The Morgan fingerprint density at radius 1 is 1.12 bits per heavy atom. The van der Waals surface area contributed by atoms with Crippen molar-refractivity contribution in [2.75, 3.05) is 0 Å². The summed E-state index contributed by atoms with van der Waals surface area (Å²) in [6.07, 6.45) is 5.59. The summed E-state index contributed by atoms with van der Waals surface area (Å²) in [5, 5.41) is 38.6. The molecule has 1 aliphatic carbocycles. The topological polar surface area (TPSA) is 127 Å². The molecule has 0 aromatic carbocycles. The van der Waals surface area contributed by atoms with E-state index in [0.717, 1.165) is 19.3 Å². The molecule has 1 saturated carbocycles. The van der Waals surface area contributed by atoms with Gasteiger partial charge in [0.2, 0.25) is 17.1 Å². The first-order valence-corrected chi connectivity index (χ1v) is 8.32. The Bertz CT molecular complexity index is 829. The van der Waals surface area contributed by atoms with Crippen molar-refractivity contribution in [3.63, 3.8) is 0 Å². The Hall–Kier alpha value is -2.82. The largest absolute Gasteiger partial charge is 0.472 e. The number of nitrogens with zero attached hydrogens (tertiary/aromatic N) is 3. The molecular weight excluding hydrogens is 320 g/mol. The third kappa shape index (κ3) is 1.63. The minimum Gasteiger partial charge on any atom is -0.472 e. The first-order valence-electron chi connectivity index (χ1n) is 8.32. The number of nitriles is 3. The molecule has 4 rings (SSSR count). The van der Waals surface area contributed by atoms with Gasteiger partial charge in [0.15, 0.2) is 5.41 Å². The van der Waals surface area contributed by atoms with Crippen molar-refractivity contribution >= 4 is 5.90 Å². The summed E-state index contributed by atoms with van der Waals surface area (Å²) in [4.78, 5) is 0. The second-order valence-electron chi connectivity index (χ2n) is 6.90. The highest BCUT2D eigenvalue weighted by Gasteiger charge is 2.80. The molecule has 4 unspecified atom stereocenters. The molecule has 3 aliphatic rings. The summed E-state index contributed by atoms with van der Waals surface area (Å²) < 4.78 is 17.2. The van der Waals surface area contributed by atoms with E-state index in [1.807, 2.05) is 12.1 Å². The lowest BCUT2D eigenvalue weighted by Gasteiger charge is -2.49. The van der Waals surface area contributed by atoms with Crippen molar-refractivity contribution in [1.82, 2.24) is 0 Å². The molecule has 2 saturated heterocycles. The highest BCUT2D eigenvalue weighted by molar-refractivity contribution is 5.89. The summed E-state index contributed by atoms with van der Waals surface area (Å²) >= 11 is 0. The van der Waals surface area contributed by atoms with E-state index in [1.54, 1.807) is 6.07 Å². The van der Waals surface area contributed by atoms with Gasteiger partial charge in [0.25, 0.3) is 0 Å². The van der Waals surface area contributed by atoms with Crippen LogP contribution < -0.4 is 0 Å². The van der Waals surface area contributed by atoms with Gasteiger partial charge in [0.1, 0.15) is 6.10 Å². The summed E-state index contributed by atoms with van der Waals surface area (Å²) in [5.74, 6) is -1.97. The van der Waals surface area contributed by atoms with Gasteiger partial charge in [-0.15, -0.1) is 0 Å². The van der Waals surface area contributed by atoms with E-state index >= 15 is 0 Å². The zero-order chi connectivity index (χ0) is 17.7. The van der Waals surface area contributed by atoms with E-state index in [9.17, 15) is 15.8 Å². The van der Waals surface area contributed by atoms with E-state index in [-0.39, 0.29) is 5.90 Å². The fourth-order valence-corrected chi connectivity index (χ4v) is 4.76. The lowest BCUT2D eigenvalue weighted by molar-refractivity contribution is -0.285. The third-order valence-electron chi connectivity index (χ3n) is 5.91. The fourth-order valence-electron chi connectivity index (χ4n) is 4.76. The van der Waals surface area contributed by atoms with E-state index in [2.05, 4.69) is 6.07 Å². The number of ether oxygens (including phenoxy) is 2. The van der Waals surface area contributed by atoms with Gasteiger partial charge in [-0.25, -0.2) is 0 Å². The number of furan rings is 1. The highest BCUT2D eigenvalue weighted by atomic mass is 16.7. The van der Waals surface area contributed by atoms with Crippen LogP contribution in [0.2, 0.25) is 0 Å². The maximum Gasteiger partial charge on any atom is 0.217 e. The highest BCUT2D eigenvalue weighted by Crippen LogP contribution is 2.68. The molecule has 0 spiro atoms. The molecule has 126 valence electrons. The second kappa shape index (κ2) is 5.09. The zero-order valence-corrected chi connectivity index (χ0v) is 13.5. The van der Waals surface area contributed by atoms with Gasteiger partial charge in [0.05, 0.1) is 36.7 Å². The fraction of sp³-hybridized carbons (Fsp3) is 0.556. The Morgan fingerprint density at radius 2 is 1.92 bits per heavy atom. The lowest BCUT2D eigenvalue weighted by atomic mass is 9.53. The Labute approximate surface area is 144 Å². The van der Waals surface area contributed by atoms with Gasteiger partial charge < -0.3 is 13.9 Å². The van der Waals surface area contributed by atoms with E-state index in [1.165, 1.54) is 12.5 Å². The van der Waals surface area contributed by atoms with Gasteiger partial charge in [0, 0.05) is 12.0 Å². The van der Waals surface area contributed by atoms with Crippen LogP contribution >= 0.6 is 0 Å². The van der Waals surface area contributed by atoms with Crippen molar-refractivity contribution in [1.29, 1.82) is 21.2 Å². The zero-order valence-electron chi connectivity index (χ0n) is 13.5. The van der Waals surface area contributed by atoms with Crippen LogP contribution in [-0.4, -0.2) is 11.7 Å². The Kier molecular flexibility index (Phi) is 3.19. The monoisotopic (exact) mass is 336 g/mol. The molecule has 1 aromatic heterocycles. The van der Waals surface area contributed by atoms with E-state index in [4.69, 9.17) is 19.3 Å². The van der Waals surface area contributed by atoms with Crippen LogP contribution in [-0.2, 0) is 9.47 Å². The first-order chi connectivity index (χ1) is 12.1. The number of hydrogen-bond donors (Lipinski definition) is 1. The van der Waals surface area contributed by atoms with Crippen LogP contribution in [0, 0.1) is 56.2 Å².